The number of nitrogens with zero attached hydrogens (tertiary/aromatic N) is 2. The van der Waals surface area contributed by atoms with Gasteiger partial charge in [0.15, 0.2) is 0 Å². The number of amides is 2. The summed E-state index contributed by atoms with van der Waals surface area (Å²) in [5.41, 5.74) is 5.06. The topological polar surface area (TPSA) is 46.5 Å². The number of carbonyl (C=O) groups excluding carboxylic acids is 1. The highest BCUT2D eigenvalue weighted by atomic mass is 32.1. The molecule has 1 fully saturated rings. The van der Waals surface area contributed by atoms with Gasteiger partial charge in [0.2, 0.25) is 0 Å². The molecule has 0 bridgehead atoms. The molecule has 3 aromatic rings. The lowest BCUT2D eigenvalue weighted by Crippen LogP contribution is -2.45. The van der Waals surface area contributed by atoms with Crippen LogP contribution in [0, 0.1) is 0 Å². The number of urea groups is 1. The van der Waals surface area contributed by atoms with Crippen LogP contribution >= 0.6 is 11.3 Å². The van der Waals surface area contributed by atoms with E-state index in [4.69, 9.17) is 4.74 Å². The lowest BCUT2D eigenvalue weighted by molar-refractivity contribution is 0.176. The molecule has 0 unspecified atom stereocenters. The minimum Gasteiger partial charge on any atom is -0.497 e. The Morgan fingerprint density at radius 3 is 2.76 bits per heavy atom. The molecular weight excluding hydrogens is 430 g/mol. The van der Waals surface area contributed by atoms with Gasteiger partial charge in [0.05, 0.1) is 25.4 Å². The highest BCUT2D eigenvalue weighted by molar-refractivity contribution is 7.15. The molecule has 6 heteroatoms. The van der Waals surface area contributed by atoms with E-state index < -0.39 is 0 Å². The molecule has 3 heterocycles. The molecule has 0 radical (unpaired) electrons. The van der Waals surface area contributed by atoms with Crippen molar-refractivity contribution in [3.05, 3.63) is 69.9 Å². The zero-order valence-corrected chi connectivity index (χ0v) is 20.0. The molecule has 3 aliphatic rings. The number of ether oxygens (including phenoxy) is 1. The number of nitrogens with one attached hydrogen (secondary N) is 1. The number of hydrogen-bond donors (Lipinski definition) is 1. The maximum Gasteiger partial charge on any atom is 0.318 e. The second kappa shape index (κ2) is 8.56. The van der Waals surface area contributed by atoms with Gasteiger partial charge in [-0.05, 0) is 73.9 Å². The molecule has 172 valence electrons. The third-order valence-electron chi connectivity index (χ3n) is 7.53. The first-order valence-electron chi connectivity index (χ1n) is 12.2. The second-order valence-corrected chi connectivity index (χ2v) is 10.6. The van der Waals surface area contributed by atoms with Gasteiger partial charge in [-0.15, -0.1) is 11.3 Å². The van der Waals surface area contributed by atoms with Gasteiger partial charge in [-0.25, -0.2) is 4.79 Å². The molecular formula is C27H31N3O2S. The van der Waals surface area contributed by atoms with Crippen molar-refractivity contribution in [1.29, 1.82) is 0 Å². The van der Waals surface area contributed by atoms with Crippen molar-refractivity contribution >= 4 is 17.4 Å². The summed E-state index contributed by atoms with van der Waals surface area (Å²) in [6, 6.07) is 12.6. The van der Waals surface area contributed by atoms with E-state index in [0.29, 0.717) is 6.54 Å². The van der Waals surface area contributed by atoms with Gasteiger partial charge in [-0.1, -0.05) is 25.0 Å². The number of hydrogen-bond acceptors (Lipinski definition) is 3. The van der Waals surface area contributed by atoms with Gasteiger partial charge in [-0.2, -0.15) is 0 Å². The predicted octanol–water partition coefficient (Wildman–Crippen LogP) is 5.98. The van der Waals surface area contributed by atoms with E-state index in [1.165, 1.54) is 46.7 Å². The number of benzene rings is 1. The molecule has 2 amide bonds. The second-order valence-electron chi connectivity index (χ2n) is 9.54. The summed E-state index contributed by atoms with van der Waals surface area (Å²) in [4.78, 5) is 17.4. The number of fused-ring (bicyclic) bond motifs is 5. The molecule has 2 aliphatic carbocycles. The average Bonchev–Trinajstić information content (AvgIpc) is 3.58. The van der Waals surface area contributed by atoms with Crippen LogP contribution in [0.25, 0.3) is 5.00 Å². The largest absolute Gasteiger partial charge is 0.497 e. The fourth-order valence-electron chi connectivity index (χ4n) is 5.88. The van der Waals surface area contributed by atoms with Crippen molar-refractivity contribution < 1.29 is 9.53 Å². The van der Waals surface area contributed by atoms with Crippen molar-refractivity contribution in [2.75, 3.05) is 7.11 Å². The third kappa shape index (κ3) is 3.65. The van der Waals surface area contributed by atoms with Crippen molar-refractivity contribution in [1.82, 2.24) is 14.8 Å². The van der Waals surface area contributed by atoms with Crippen LogP contribution in [0.5, 0.6) is 5.75 Å². The Morgan fingerprint density at radius 2 is 1.91 bits per heavy atom. The number of rotatable bonds is 3. The first kappa shape index (κ1) is 20.8. The monoisotopic (exact) mass is 461 g/mol. The lowest BCUT2D eigenvalue weighted by atomic mass is 9.95. The molecule has 1 N–H and O–H groups in total. The standard InChI is InChI=1S/C27H31N3O2S/c1-32-20-11-6-8-18(16-20)25-23-13-7-15-29(23)26-22(21-12-4-5-14-24(21)33-26)17-30(25)27(31)28-19-9-2-3-10-19/h6-8,11,13,15-16,19,25H,2-5,9-10,12,14,17H2,1H3,(H,28,31)/t25-/m1/s1. The van der Waals surface area contributed by atoms with E-state index in [1.807, 2.05) is 23.5 Å². The normalized spacial score (nSPS) is 20.0. The van der Waals surface area contributed by atoms with Crippen LogP contribution in [0.3, 0.4) is 0 Å². The van der Waals surface area contributed by atoms with E-state index in [1.54, 1.807) is 7.11 Å². The summed E-state index contributed by atoms with van der Waals surface area (Å²) in [6.45, 7) is 0.642. The molecule has 1 aliphatic heterocycles. The van der Waals surface area contributed by atoms with Gasteiger partial charge >= 0.3 is 6.03 Å². The summed E-state index contributed by atoms with van der Waals surface area (Å²) in [6.07, 6.45) is 11.5. The summed E-state index contributed by atoms with van der Waals surface area (Å²) in [5, 5.41) is 4.68. The Morgan fingerprint density at radius 1 is 1.06 bits per heavy atom. The van der Waals surface area contributed by atoms with Crippen LogP contribution in [-0.4, -0.2) is 28.6 Å². The Balaban J connectivity index is 1.49. The van der Waals surface area contributed by atoms with Crippen LogP contribution in [-0.2, 0) is 19.4 Å². The number of aromatic nitrogens is 1. The zero-order valence-electron chi connectivity index (χ0n) is 19.2. The Bertz CT molecular complexity index is 1170. The molecule has 0 saturated heterocycles. The highest BCUT2D eigenvalue weighted by Crippen LogP contribution is 2.44. The number of carbonyl (C=O) groups is 1. The Hall–Kier alpha value is -2.73. The maximum absolute atomic E-state index is 13.9. The van der Waals surface area contributed by atoms with Crippen molar-refractivity contribution in [3.63, 3.8) is 0 Å². The van der Waals surface area contributed by atoms with Gasteiger partial charge in [-0.3, -0.25) is 0 Å². The van der Waals surface area contributed by atoms with Crippen LogP contribution < -0.4 is 10.1 Å². The lowest BCUT2D eigenvalue weighted by Gasteiger charge is -2.32. The van der Waals surface area contributed by atoms with Crippen LogP contribution in [0.1, 0.15) is 71.8 Å². The molecule has 1 aromatic carbocycles. The van der Waals surface area contributed by atoms with Gasteiger partial charge < -0.3 is 19.5 Å². The van der Waals surface area contributed by atoms with Crippen molar-refractivity contribution in [3.8, 4) is 10.8 Å². The quantitative estimate of drug-likeness (QED) is 0.521. The van der Waals surface area contributed by atoms with Crippen LogP contribution in [0.4, 0.5) is 4.79 Å². The fraction of sp³-hybridized carbons (Fsp3) is 0.444. The Labute approximate surface area is 199 Å². The summed E-state index contributed by atoms with van der Waals surface area (Å²) in [5.74, 6) is 0.818. The van der Waals surface area contributed by atoms with Crippen molar-refractivity contribution in [2.24, 2.45) is 0 Å². The Kier molecular flexibility index (Phi) is 5.41. The van der Waals surface area contributed by atoms with Crippen LogP contribution in [0.2, 0.25) is 0 Å². The third-order valence-corrected chi connectivity index (χ3v) is 8.87. The van der Waals surface area contributed by atoms with Gasteiger partial charge in [0.1, 0.15) is 10.8 Å². The molecule has 1 saturated carbocycles. The zero-order chi connectivity index (χ0) is 22.4. The summed E-state index contributed by atoms with van der Waals surface area (Å²) in [7, 11) is 1.70. The van der Waals surface area contributed by atoms with Crippen molar-refractivity contribution in [2.45, 2.75) is 70.0 Å². The number of aryl methyl sites for hydroxylation is 1. The minimum atomic E-state index is -0.171. The van der Waals surface area contributed by atoms with E-state index in [0.717, 1.165) is 42.7 Å². The SMILES string of the molecule is COc1cccc([C@@H]2c3cccn3-c3sc4c(c3CN2C(=O)NC2CCCC2)CCCC4)c1. The van der Waals surface area contributed by atoms with E-state index in [9.17, 15) is 4.79 Å². The highest BCUT2D eigenvalue weighted by Gasteiger charge is 2.36. The maximum atomic E-state index is 13.9. The first-order chi connectivity index (χ1) is 16.2. The number of thiophene rings is 1. The fourth-order valence-corrected chi connectivity index (χ4v) is 7.28. The first-order valence-corrected chi connectivity index (χ1v) is 13.1. The van der Waals surface area contributed by atoms with E-state index in [-0.39, 0.29) is 18.1 Å². The molecule has 2 aromatic heterocycles. The predicted molar refractivity (Wildman–Crippen MR) is 131 cm³/mol. The molecule has 5 nitrogen and oxygen atoms in total. The van der Waals surface area contributed by atoms with Gasteiger partial charge in [0, 0.05) is 22.7 Å². The minimum absolute atomic E-state index is 0.0473. The summed E-state index contributed by atoms with van der Waals surface area (Å²) >= 11 is 1.93. The number of methoxy groups -OCH3 is 1. The van der Waals surface area contributed by atoms with Crippen LogP contribution in [0.15, 0.2) is 42.6 Å². The summed E-state index contributed by atoms with van der Waals surface area (Å²) < 4.78 is 7.89. The molecule has 0 spiro atoms. The average molecular weight is 462 g/mol. The molecule has 6 rings (SSSR count). The smallest absolute Gasteiger partial charge is 0.318 e. The van der Waals surface area contributed by atoms with E-state index >= 15 is 0 Å². The van der Waals surface area contributed by atoms with E-state index in [2.05, 4.69) is 45.2 Å². The molecule has 1 atom stereocenters. The molecule has 33 heavy (non-hydrogen) atoms. The van der Waals surface area contributed by atoms with Gasteiger partial charge in [0.25, 0.3) is 0 Å².